The van der Waals surface area contributed by atoms with E-state index in [0.29, 0.717) is 13.2 Å². The number of carbonyl (C=O) groups is 1. The molecule has 0 saturated heterocycles. The van der Waals surface area contributed by atoms with Gasteiger partial charge in [-0.05, 0) is 36.2 Å². The molecule has 4 nitrogen and oxygen atoms in total. The summed E-state index contributed by atoms with van der Waals surface area (Å²) < 4.78 is 10.7. The normalized spacial score (nSPS) is 10.4. The Morgan fingerprint density at radius 2 is 1.86 bits per heavy atom. The third-order valence-electron chi connectivity index (χ3n) is 3.20. The number of rotatable bonds is 6. The van der Waals surface area contributed by atoms with Crippen LogP contribution in [-0.4, -0.2) is 31.4 Å². The minimum atomic E-state index is -0.922. The standard InChI is InChI=1S/C17H18O4/c1-12-11-13(17(18)19)7-8-14(12)15-5-3-4-6-16(15)21-10-9-20-2/h3-8,11H,9-10H2,1-2H3,(H,18,19). The monoisotopic (exact) mass is 286 g/mol. The topological polar surface area (TPSA) is 55.8 Å². The highest BCUT2D eigenvalue weighted by Gasteiger charge is 2.11. The summed E-state index contributed by atoms with van der Waals surface area (Å²) in [6.07, 6.45) is 0. The predicted octanol–water partition coefficient (Wildman–Crippen LogP) is 3.39. The van der Waals surface area contributed by atoms with E-state index in [1.807, 2.05) is 37.3 Å². The second-order valence-electron chi connectivity index (χ2n) is 4.67. The zero-order valence-corrected chi connectivity index (χ0v) is 12.1. The largest absolute Gasteiger partial charge is 0.491 e. The number of hydrogen-bond donors (Lipinski definition) is 1. The van der Waals surface area contributed by atoms with E-state index in [4.69, 9.17) is 14.6 Å². The van der Waals surface area contributed by atoms with Gasteiger partial charge in [-0.15, -0.1) is 0 Å². The van der Waals surface area contributed by atoms with E-state index in [1.54, 1.807) is 19.2 Å². The third kappa shape index (κ3) is 3.61. The van der Waals surface area contributed by atoms with E-state index in [2.05, 4.69) is 0 Å². The van der Waals surface area contributed by atoms with Crippen LogP contribution in [0.1, 0.15) is 15.9 Å². The maximum Gasteiger partial charge on any atom is 0.335 e. The van der Waals surface area contributed by atoms with Crippen LogP contribution in [0.5, 0.6) is 5.75 Å². The first-order valence-electron chi connectivity index (χ1n) is 6.68. The van der Waals surface area contributed by atoms with E-state index >= 15 is 0 Å². The fourth-order valence-electron chi connectivity index (χ4n) is 2.15. The molecule has 0 unspecified atom stereocenters. The highest BCUT2D eigenvalue weighted by atomic mass is 16.5. The predicted molar refractivity (Wildman–Crippen MR) is 80.9 cm³/mol. The SMILES string of the molecule is COCCOc1ccccc1-c1ccc(C(=O)O)cc1C. The van der Waals surface area contributed by atoms with Crippen LogP contribution in [0, 0.1) is 6.92 Å². The van der Waals surface area contributed by atoms with Gasteiger partial charge in [0.2, 0.25) is 0 Å². The second kappa shape index (κ2) is 6.90. The molecular weight excluding hydrogens is 268 g/mol. The molecule has 2 aromatic rings. The van der Waals surface area contributed by atoms with Gasteiger partial charge in [0, 0.05) is 12.7 Å². The molecule has 0 aliphatic rings. The molecule has 0 atom stereocenters. The van der Waals surface area contributed by atoms with Crippen LogP contribution in [0.4, 0.5) is 0 Å². The molecule has 0 radical (unpaired) electrons. The van der Waals surface area contributed by atoms with Gasteiger partial charge in [-0.2, -0.15) is 0 Å². The van der Waals surface area contributed by atoms with Gasteiger partial charge in [0.05, 0.1) is 12.2 Å². The molecule has 110 valence electrons. The van der Waals surface area contributed by atoms with Crippen molar-refractivity contribution in [1.29, 1.82) is 0 Å². The lowest BCUT2D eigenvalue weighted by Crippen LogP contribution is -2.05. The molecule has 0 spiro atoms. The Labute approximate surface area is 123 Å². The van der Waals surface area contributed by atoms with Gasteiger partial charge in [0.1, 0.15) is 12.4 Å². The van der Waals surface area contributed by atoms with Gasteiger partial charge in [-0.25, -0.2) is 4.79 Å². The lowest BCUT2D eigenvalue weighted by Gasteiger charge is -2.13. The number of para-hydroxylation sites is 1. The number of methoxy groups -OCH3 is 1. The van der Waals surface area contributed by atoms with Gasteiger partial charge in [0.25, 0.3) is 0 Å². The van der Waals surface area contributed by atoms with Crippen molar-refractivity contribution in [3.8, 4) is 16.9 Å². The van der Waals surface area contributed by atoms with Gasteiger partial charge in [0.15, 0.2) is 0 Å². The number of carboxylic acids is 1. The summed E-state index contributed by atoms with van der Waals surface area (Å²) in [5.41, 5.74) is 3.10. The lowest BCUT2D eigenvalue weighted by atomic mass is 9.98. The van der Waals surface area contributed by atoms with E-state index in [0.717, 1.165) is 22.4 Å². The van der Waals surface area contributed by atoms with Crippen LogP contribution in [0.25, 0.3) is 11.1 Å². The number of ether oxygens (including phenoxy) is 2. The summed E-state index contributed by atoms with van der Waals surface area (Å²) in [5, 5.41) is 9.03. The molecule has 2 aromatic carbocycles. The number of aromatic carboxylic acids is 1. The lowest BCUT2D eigenvalue weighted by molar-refractivity contribution is 0.0697. The van der Waals surface area contributed by atoms with Crippen molar-refractivity contribution in [1.82, 2.24) is 0 Å². The summed E-state index contributed by atoms with van der Waals surface area (Å²) in [6, 6.07) is 12.8. The first-order valence-corrected chi connectivity index (χ1v) is 6.68. The highest BCUT2D eigenvalue weighted by molar-refractivity contribution is 5.89. The average Bonchev–Trinajstić information content (AvgIpc) is 2.48. The van der Waals surface area contributed by atoms with Crippen LogP contribution in [0.3, 0.4) is 0 Å². The van der Waals surface area contributed by atoms with Crippen LogP contribution in [0.15, 0.2) is 42.5 Å². The summed E-state index contributed by atoms with van der Waals surface area (Å²) in [4.78, 5) is 11.0. The fourth-order valence-corrected chi connectivity index (χ4v) is 2.15. The Morgan fingerprint density at radius 3 is 2.52 bits per heavy atom. The van der Waals surface area contributed by atoms with Crippen molar-refractivity contribution in [3.63, 3.8) is 0 Å². The van der Waals surface area contributed by atoms with Crippen molar-refractivity contribution in [2.24, 2.45) is 0 Å². The summed E-state index contributed by atoms with van der Waals surface area (Å²) >= 11 is 0. The Morgan fingerprint density at radius 1 is 1.10 bits per heavy atom. The van der Waals surface area contributed by atoms with Crippen molar-refractivity contribution in [3.05, 3.63) is 53.6 Å². The van der Waals surface area contributed by atoms with E-state index in [-0.39, 0.29) is 5.56 Å². The maximum atomic E-state index is 11.0. The number of benzene rings is 2. The van der Waals surface area contributed by atoms with E-state index in [9.17, 15) is 4.79 Å². The zero-order chi connectivity index (χ0) is 15.2. The van der Waals surface area contributed by atoms with Crippen LogP contribution >= 0.6 is 0 Å². The minimum absolute atomic E-state index is 0.286. The molecule has 2 rings (SSSR count). The molecule has 0 saturated carbocycles. The molecule has 0 aliphatic carbocycles. The first kappa shape index (κ1) is 15.1. The Bertz CT molecular complexity index is 634. The average molecular weight is 286 g/mol. The molecule has 0 heterocycles. The number of carboxylic acid groups (broad SMARTS) is 1. The van der Waals surface area contributed by atoms with Crippen molar-refractivity contribution in [2.45, 2.75) is 6.92 Å². The first-order chi connectivity index (χ1) is 10.1. The Balaban J connectivity index is 2.35. The third-order valence-corrected chi connectivity index (χ3v) is 3.20. The van der Waals surface area contributed by atoms with Gasteiger partial charge >= 0.3 is 5.97 Å². The van der Waals surface area contributed by atoms with Crippen LogP contribution < -0.4 is 4.74 Å². The van der Waals surface area contributed by atoms with Crippen molar-refractivity contribution < 1.29 is 19.4 Å². The quantitative estimate of drug-likeness (QED) is 0.827. The van der Waals surface area contributed by atoms with E-state index in [1.165, 1.54) is 0 Å². The maximum absolute atomic E-state index is 11.0. The van der Waals surface area contributed by atoms with Gasteiger partial charge in [-0.1, -0.05) is 24.3 Å². The highest BCUT2D eigenvalue weighted by Crippen LogP contribution is 2.32. The fraction of sp³-hybridized carbons (Fsp3) is 0.235. The molecule has 0 aromatic heterocycles. The number of hydrogen-bond acceptors (Lipinski definition) is 3. The zero-order valence-electron chi connectivity index (χ0n) is 12.1. The minimum Gasteiger partial charge on any atom is -0.491 e. The molecule has 0 bridgehead atoms. The summed E-state index contributed by atoms with van der Waals surface area (Å²) in [6.45, 7) is 2.89. The molecule has 21 heavy (non-hydrogen) atoms. The molecule has 0 fully saturated rings. The van der Waals surface area contributed by atoms with Crippen LogP contribution in [0.2, 0.25) is 0 Å². The van der Waals surface area contributed by atoms with E-state index < -0.39 is 5.97 Å². The molecule has 0 amide bonds. The second-order valence-corrected chi connectivity index (χ2v) is 4.67. The summed E-state index contributed by atoms with van der Waals surface area (Å²) in [7, 11) is 1.63. The van der Waals surface area contributed by atoms with Gasteiger partial charge in [-0.3, -0.25) is 0 Å². The van der Waals surface area contributed by atoms with Crippen LogP contribution in [-0.2, 0) is 4.74 Å². The van der Waals surface area contributed by atoms with Gasteiger partial charge < -0.3 is 14.6 Å². The Kier molecular flexibility index (Phi) is 4.95. The number of aryl methyl sites for hydroxylation is 1. The molecule has 1 N–H and O–H groups in total. The molecule has 0 aliphatic heterocycles. The van der Waals surface area contributed by atoms with Crippen molar-refractivity contribution in [2.75, 3.05) is 20.3 Å². The van der Waals surface area contributed by atoms with Crippen molar-refractivity contribution >= 4 is 5.97 Å². The summed E-state index contributed by atoms with van der Waals surface area (Å²) in [5.74, 6) is -0.157. The molecular formula is C17H18O4. The Hall–Kier alpha value is -2.33. The smallest absolute Gasteiger partial charge is 0.335 e. The molecule has 4 heteroatoms.